The number of nitrogens with one attached hydrogen (secondary N) is 1. The van der Waals surface area contributed by atoms with E-state index in [0.29, 0.717) is 25.2 Å². The highest BCUT2D eigenvalue weighted by Crippen LogP contribution is 2.14. The van der Waals surface area contributed by atoms with Gasteiger partial charge in [0.1, 0.15) is 11.1 Å². The van der Waals surface area contributed by atoms with Crippen LogP contribution in [-0.2, 0) is 17.8 Å². The lowest BCUT2D eigenvalue weighted by Crippen LogP contribution is -2.36. The number of pyridine rings is 1. The smallest absolute Gasteiger partial charge is 0.263 e. The zero-order valence-electron chi connectivity index (χ0n) is 15.8. The minimum Gasteiger partial charge on any atom is -0.376 e. The van der Waals surface area contributed by atoms with Crippen LogP contribution in [0.1, 0.15) is 28.8 Å². The molecule has 1 aliphatic heterocycles. The Balaban J connectivity index is 1.44. The zero-order chi connectivity index (χ0) is 19.5. The van der Waals surface area contributed by atoms with E-state index in [-0.39, 0.29) is 23.1 Å². The molecule has 0 radical (unpaired) electrons. The molecule has 1 N–H and O–H groups in total. The molecule has 4 rings (SSSR count). The number of benzene rings is 1. The van der Waals surface area contributed by atoms with Crippen molar-refractivity contribution in [3.63, 3.8) is 0 Å². The van der Waals surface area contributed by atoms with Gasteiger partial charge in [0.25, 0.3) is 11.5 Å². The first kappa shape index (κ1) is 18.4. The van der Waals surface area contributed by atoms with Crippen molar-refractivity contribution in [3.8, 4) is 0 Å². The molecule has 1 saturated heterocycles. The summed E-state index contributed by atoms with van der Waals surface area (Å²) in [6.45, 7) is 3.81. The van der Waals surface area contributed by atoms with Crippen molar-refractivity contribution in [1.29, 1.82) is 0 Å². The fourth-order valence-corrected chi connectivity index (χ4v) is 3.54. The Morgan fingerprint density at radius 2 is 2.18 bits per heavy atom. The molecule has 1 atom stereocenters. The summed E-state index contributed by atoms with van der Waals surface area (Å²) >= 11 is 0. The number of amides is 1. The number of ether oxygens (including phenoxy) is 1. The van der Waals surface area contributed by atoms with Crippen molar-refractivity contribution in [1.82, 2.24) is 24.9 Å². The van der Waals surface area contributed by atoms with E-state index in [4.69, 9.17) is 4.74 Å². The summed E-state index contributed by atoms with van der Waals surface area (Å²) in [7, 11) is 0. The Kier molecular flexibility index (Phi) is 5.21. The van der Waals surface area contributed by atoms with Gasteiger partial charge in [-0.15, -0.1) is 5.10 Å². The maximum atomic E-state index is 12.8. The first-order valence-corrected chi connectivity index (χ1v) is 9.51. The monoisotopic (exact) mass is 381 g/mol. The first-order valence-electron chi connectivity index (χ1n) is 9.51. The van der Waals surface area contributed by atoms with Gasteiger partial charge >= 0.3 is 0 Å². The molecular weight excluding hydrogens is 358 g/mol. The van der Waals surface area contributed by atoms with Gasteiger partial charge in [-0.3, -0.25) is 9.59 Å². The second-order valence-corrected chi connectivity index (χ2v) is 7.02. The minimum absolute atomic E-state index is 0.0388. The average Bonchev–Trinajstić information content (AvgIpc) is 3.34. The second-order valence-electron chi connectivity index (χ2n) is 7.02. The van der Waals surface area contributed by atoms with Crippen LogP contribution in [0.3, 0.4) is 0 Å². The minimum atomic E-state index is -0.367. The Hall–Kier alpha value is -3.00. The Morgan fingerprint density at radius 3 is 3.00 bits per heavy atom. The highest BCUT2D eigenvalue weighted by molar-refractivity contribution is 5.95. The number of para-hydroxylation sites is 1. The van der Waals surface area contributed by atoms with Crippen LogP contribution < -0.4 is 10.9 Å². The van der Waals surface area contributed by atoms with Gasteiger partial charge in [0, 0.05) is 19.3 Å². The van der Waals surface area contributed by atoms with E-state index in [9.17, 15) is 9.59 Å². The van der Waals surface area contributed by atoms with E-state index < -0.39 is 0 Å². The predicted octanol–water partition coefficient (Wildman–Crippen LogP) is 1.51. The SMILES string of the molecule is Cc1ccn(CC2CCCO2)c(=O)c1C(=O)NCCn1nnc2ccccc21. The summed E-state index contributed by atoms with van der Waals surface area (Å²) in [6.07, 6.45) is 3.72. The highest BCUT2D eigenvalue weighted by Gasteiger charge is 2.20. The molecule has 0 spiro atoms. The molecule has 8 heteroatoms. The standard InChI is InChI=1S/C20H23N5O3/c1-14-8-10-24(13-15-5-4-12-28-15)20(27)18(14)19(26)21-9-11-25-17-7-3-2-6-16(17)22-23-25/h2-3,6-8,10,15H,4-5,9,11-13H2,1H3,(H,21,26). The predicted molar refractivity (Wildman–Crippen MR) is 104 cm³/mol. The van der Waals surface area contributed by atoms with Crippen LogP contribution in [0.2, 0.25) is 0 Å². The Labute approximate surface area is 162 Å². The number of carbonyl (C=O) groups excluding carboxylic acids is 1. The molecule has 3 heterocycles. The molecule has 146 valence electrons. The first-order chi connectivity index (χ1) is 13.6. The molecular formula is C20H23N5O3. The molecule has 2 aromatic heterocycles. The molecule has 1 aromatic carbocycles. The van der Waals surface area contributed by atoms with E-state index >= 15 is 0 Å². The number of hydrogen-bond acceptors (Lipinski definition) is 5. The summed E-state index contributed by atoms with van der Waals surface area (Å²) in [5, 5.41) is 11.0. The number of fused-ring (bicyclic) bond motifs is 1. The van der Waals surface area contributed by atoms with Crippen molar-refractivity contribution in [2.24, 2.45) is 0 Å². The zero-order valence-corrected chi connectivity index (χ0v) is 15.8. The largest absolute Gasteiger partial charge is 0.376 e. The van der Waals surface area contributed by atoms with Gasteiger partial charge in [-0.05, 0) is 43.5 Å². The molecule has 3 aromatic rings. The Morgan fingerprint density at radius 1 is 1.32 bits per heavy atom. The van der Waals surface area contributed by atoms with Crippen LogP contribution in [0.25, 0.3) is 11.0 Å². The summed E-state index contributed by atoms with van der Waals surface area (Å²) in [5.74, 6) is -0.367. The van der Waals surface area contributed by atoms with Crippen LogP contribution in [0.4, 0.5) is 0 Å². The van der Waals surface area contributed by atoms with Crippen LogP contribution in [0.5, 0.6) is 0 Å². The fourth-order valence-electron chi connectivity index (χ4n) is 3.54. The fraction of sp³-hybridized carbons (Fsp3) is 0.400. The van der Waals surface area contributed by atoms with Gasteiger partial charge in [-0.1, -0.05) is 17.3 Å². The third kappa shape index (κ3) is 3.68. The molecule has 0 bridgehead atoms. The van der Waals surface area contributed by atoms with Crippen molar-refractivity contribution in [2.45, 2.75) is 39.0 Å². The lowest BCUT2D eigenvalue weighted by molar-refractivity contribution is 0.0929. The van der Waals surface area contributed by atoms with E-state index in [1.807, 2.05) is 24.3 Å². The number of aromatic nitrogens is 4. The summed E-state index contributed by atoms with van der Waals surface area (Å²) in [5.41, 5.74) is 2.29. The third-order valence-corrected chi connectivity index (χ3v) is 5.05. The number of rotatable bonds is 6. The van der Waals surface area contributed by atoms with Gasteiger partial charge in [0.05, 0.1) is 24.7 Å². The quantitative estimate of drug-likeness (QED) is 0.699. The topological polar surface area (TPSA) is 91.0 Å². The van der Waals surface area contributed by atoms with E-state index in [1.165, 1.54) is 0 Å². The molecule has 0 aliphatic carbocycles. The normalized spacial score (nSPS) is 16.5. The van der Waals surface area contributed by atoms with Crippen LogP contribution in [-0.4, -0.2) is 44.7 Å². The van der Waals surface area contributed by atoms with Crippen LogP contribution in [0.15, 0.2) is 41.3 Å². The van der Waals surface area contributed by atoms with Gasteiger partial charge in [-0.2, -0.15) is 0 Å². The maximum Gasteiger partial charge on any atom is 0.263 e. The van der Waals surface area contributed by atoms with Gasteiger partial charge in [0.15, 0.2) is 0 Å². The van der Waals surface area contributed by atoms with E-state index in [2.05, 4.69) is 15.6 Å². The number of nitrogens with zero attached hydrogens (tertiary/aromatic N) is 4. The second kappa shape index (κ2) is 7.93. The third-order valence-electron chi connectivity index (χ3n) is 5.05. The van der Waals surface area contributed by atoms with Crippen molar-refractivity contribution >= 4 is 16.9 Å². The molecule has 8 nitrogen and oxygen atoms in total. The lowest BCUT2D eigenvalue weighted by Gasteiger charge is -2.14. The summed E-state index contributed by atoms with van der Waals surface area (Å²) in [6, 6.07) is 9.45. The van der Waals surface area contributed by atoms with Crippen molar-refractivity contribution in [2.75, 3.05) is 13.2 Å². The van der Waals surface area contributed by atoms with Gasteiger partial charge < -0.3 is 14.6 Å². The van der Waals surface area contributed by atoms with Crippen molar-refractivity contribution in [3.05, 3.63) is 58.0 Å². The van der Waals surface area contributed by atoms with E-state index in [1.54, 1.807) is 28.4 Å². The number of aryl methyl sites for hydroxylation is 1. The van der Waals surface area contributed by atoms with Crippen LogP contribution in [0, 0.1) is 6.92 Å². The van der Waals surface area contributed by atoms with E-state index in [0.717, 1.165) is 30.5 Å². The highest BCUT2D eigenvalue weighted by atomic mass is 16.5. The lowest BCUT2D eigenvalue weighted by atomic mass is 10.1. The molecule has 28 heavy (non-hydrogen) atoms. The average molecular weight is 381 g/mol. The number of carbonyl (C=O) groups is 1. The summed E-state index contributed by atoms with van der Waals surface area (Å²) < 4.78 is 8.92. The van der Waals surface area contributed by atoms with Crippen molar-refractivity contribution < 1.29 is 9.53 Å². The van der Waals surface area contributed by atoms with Gasteiger partial charge in [-0.25, -0.2) is 4.68 Å². The molecule has 1 aliphatic rings. The summed E-state index contributed by atoms with van der Waals surface area (Å²) in [4.78, 5) is 25.5. The molecule has 1 amide bonds. The molecule has 1 unspecified atom stereocenters. The maximum absolute atomic E-state index is 12.8. The van der Waals surface area contributed by atoms with Gasteiger partial charge in [0.2, 0.25) is 0 Å². The molecule has 0 saturated carbocycles. The van der Waals surface area contributed by atoms with Crippen LogP contribution >= 0.6 is 0 Å². The number of hydrogen-bond donors (Lipinski definition) is 1. The Bertz CT molecular complexity index is 1050. The molecule has 1 fully saturated rings.